The molecule has 0 radical (unpaired) electrons. The first-order valence-electron chi connectivity index (χ1n) is 6.16. The zero-order chi connectivity index (χ0) is 11.5. The Bertz CT molecular complexity index is 344. The van der Waals surface area contributed by atoms with Crippen molar-refractivity contribution in [2.24, 2.45) is 0 Å². The molecule has 1 fully saturated rings. The fourth-order valence-electron chi connectivity index (χ4n) is 2.55. The van der Waals surface area contributed by atoms with Gasteiger partial charge in [-0.2, -0.15) is 0 Å². The van der Waals surface area contributed by atoms with Crippen molar-refractivity contribution < 1.29 is 4.39 Å². The van der Waals surface area contributed by atoms with E-state index in [2.05, 4.69) is 11.4 Å². The SMILES string of the molecule is Cc1cc(C)c(CC2CCCCN2)c(F)c1. The van der Waals surface area contributed by atoms with Crippen molar-refractivity contribution in [2.45, 2.75) is 45.6 Å². The number of rotatable bonds is 2. The molecule has 1 atom stereocenters. The fraction of sp³-hybridized carbons (Fsp3) is 0.571. The molecular weight excluding hydrogens is 201 g/mol. The first-order valence-corrected chi connectivity index (χ1v) is 6.16. The van der Waals surface area contributed by atoms with Crippen LogP contribution in [0.25, 0.3) is 0 Å². The lowest BCUT2D eigenvalue weighted by Gasteiger charge is -2.24. The Kier molecular flexibility index (Phi) is 3.59. The van der Waals surface area contributed by atoms with E-state index in [9.17, 15) is 4.39 Å². The summed E-state index contributed by atoms with van der Waals surface area (Å²) in [4.78, 5) is 0. The minimum absolute atomic E-state index is 0.0372. The van der Waals surface area contributed by atoms with Crippen LogP contribution in [0.15, 0.2) is 12.1 Å². The second-order valence-corrected chi connectivity index (χ2v) is 4.89. The van der Waals surface area contributed by atoms with Crippen molar-refractivity contribution in [3.05, 3.63) is 34.6 Å². The van der Waals surface area contributed by atoms with E-state index in [0.29, 0.717) is 6.04 Å². The second-order valence-electron chi connectivity index (χ2n) is 4.89. The Labute approximate surface area is 97.1 Å². The molecule has 1 saturated heterocycles. The van der Waals surface area contributed by atoms with Crippen LogP contribution < -0.4 is 5.32 Å². The van der Waals surface area contributed by atoms with Crippen molar-refractivity contribution >= 4 is 0 Å². The molecule has 0 saturated carbocycles. The summed E-state index contributed by atoms with van der Waals surface area (Å²) in [6.07, 6.45) is 4.53. The van der Waals surface area contributed by atoms with Crippen LogP contribution in [-0.4, -0.2) is 12.6 Å². The van der Waals surface area contributed by atoms with Gasteiger partial charge in [0.1, 0.15) is 5.82 Å². The average Bonchev–Trinajstić information content (AvgIpc) is 2.25. The number of hydrogen-bond donors (Lipinski definition) is 1. The summed E-state index contributed by atoms with van der Waals surface area (Å²) >= 11 is 0. The largest absolute Gasteiger partial charge is 0.314 e. The normalized spacial score (nSPS) is 21.1. The van der Waals surface area contributed by atoms with Crippen molar-refractivity contribution in [3.63, 3.8) is 0 Å². The van der Waals surface area contributed by atoms with Gasteiger partial charge in [0.2, 0.25) is 0 Å². The summed E-state index contributed by atoms with van der Waals surface area (Å²) in [5.41, 5.74) is 2.99. The molecule has 1 heterocycles. The van der Waals surface area contributed by atoms with Gasteiger partial charge in [0.15, 0.2) is 0 Å². The maximum Gasteiger partial charge on any atom is 0.126 e. The minimum atomic E-state index is -0.0372. The molecular formula is C14H20FN. The smallest absolute Gasteiger partial charge is 0.126 e. The highest BCUT2D eigenvalue weighted by atomic mass is 19.1. The first kappa shape index (κ1) is 11.6. The summed E-state index contributed by atoms with van der Waals surface area (Å²) in [7, 11) is 0. The van der Waals surface area contributed by atoms with Gasteiger partial charge >= 0.3 is 0 Å². The van der Waals surface area contributed by atoms with E-state index in [4.69, 9.17) is 0 Å². The zero-order valence-electron chi connectivity index (χ0n) is 10.1. The van der Waals surface area contributed by atoms with Gasteiger partial charge < -0.3 is 5.32 Å². The Hall–Kier alpha value is -0.890. The van der Waals surface area contributed by atoms with Crippen molar-refractivity contribution in [2.75, 3.05) is 6.54 Å². The predicted molar refractivity (Wildman–Crippen MR) is 65.2 cm³/mol. The van der Waals surface area contributed by atoms with Gasteiger partial charge in [0.25, 0.3) is 0 Å². The van der Waals surface area contributed by atoms with Gasteiger partial charge in [-0.1, -0.05) is 12.5 Å². The lowest BCUT2D eigenvalue weighted by Crippen LogP contribution is -2.36. The molecule has 2 rings (SSSR count). The Morgan fingerprint density at radius 3 is 2.75 bits per heavy atom. The number of benzene rings is 1. The molecule has 1 aliphatic heterocycles. The molecule has 0 bridgehead atoms. The van der Waals surface area contributed by atoms with Crippen molar-refractivity contribution in [1.29, 1.82) is 0 Å². The number of halogens is 1. The summed E-state index contributed by atoms with van der Waals surface area (Å²) in [6.45, 7) is 5.03. The van der Waals surface area contributed by atoms with Gasteiger partial charge in [0, 0.05) is 6.04 Å². The van der Waals surface area contributed by atoms with Crippen LogP contribution >= 0.6 is 0 Å². The third-order valence-corrected chi connectivity index (χ3v) is 3.43. The van der Waals surface area contributed by atoms with Crippen LogP contribution in [0.1, 0.15) is 36.0 Å². The number of piperidine rings is 1. The molecule has 1 N–H and O–H groups in total. The Morgan fingerprint density at radius 1 is 1.31 bits per heavy atom. The van der Waals surface area contributed by atoms with Crippen LogP contribution in [0, 0.1) is 19.7 Å². The van der Waals surface area contributed by atoms with Gasteiger partial charge in [-0.25, -0.2) is 4.39 Å². The summed E-state index contributed by atoms with van der Waals surface area (Å²) in [5, 5.41) is 3.47. The van der Waals surface area contributed by atoms with Crippen LogP contribution in [0.2, 0.25) is 0 Å². The van der Waals surface area contributed by atoms with E-state index in [0.717, 1.165) is 29.7 Å². The standard InChI is InChI=1S/C14H20FN/c1-10-7-11(2)13(14(15)8-10)9-12-5-3-4-6-16-12/h7-8,12,16H,3-6,9H2,1-2H3. The monoisotopic (exact) mass is 221 g/mol. The van der Waals surface area contributed by atoms with Crippen LogP contribution in [0.5, 0.6) is 0 Å². The minimum Gasteiger partial charge on any atom is -0.314 e. The topological polar surface area (TPSA) is 12.0 Å². The Morgan fingerprint density at radius 2 is 2.12 bits per heavy atom. The third-order valence-electron chi connectivity index (χ3n) is 3.43. The van der Waals surface area contributed by atoms with Gasteiger partial charge in [-0.15, -0.1) is 0 Å². The molecule has 1 nitrogen and oxygen atoms in total. The van der Waals surface area contributed by atoms with Crippen molar-refractivity contribution in [3.8, 4) is 0 Å². The first-order chi connectivity index (χ1) is 7.66. The molecule has 88 valence electrons. The van der Waals surface area contributed by atoms with Crippen LogP contribution in [0.3, 0.4) is 0 Å². The van der Waals surface area contributed by atoms with E-state index >= 15 is 0 Å². The lowest BCUT2D eigenvalue weighted by molar-refractivity contribution is 0.394. The lowest BCUT2D eigenvalue weighted by atomic mass is 9.94. The predicted octanol–water partition coefficient (Wildman–Crippen LogP) is 3.13. The highest BCUT2D eigenvalue weighted by Gasteiger charge is 2.16. The van der Waals surface area contributed by atoms with Crippen molar-refractivity contribution in [1.82, 2.24) is 5.32 Å². The third kappa shape index (κ3) is 2.62. The molecule has 1 aliphatic rings. The molecule has 0 amide bonds. The van der Waals surface area contributed by atoms with Gasteiger partial charge in [-0.3, -0.25) is 0 Å². The number of hydrogen-bond acceptors (Lipinski definition) is 1. The number of nitrogens with one attached hydrogen (secondary N) is 1. The van der Waals surface area contributed by atoms with E-state index < -0.39 is 0 Å². The van der Waals surface area contributed by atoms with E-state index in [1.807, 2.05) is 13.8 Å². The highest BCUT2D eigenvalue weighted by Crippen LogP contribution is 2.20. The number of aryl methyl sites for hydroxylation is 2. The summed E-state index contributed by atoms with van der Waals surface area (Å²) in [5.74, 6) is -0.0372. The Balaban J connectivity index is 2.14. The summed E-state index contributed by atoms with van der Waals surface area (Å²) < 4.78 is 13.8. The molecule has 0 aromatic heterocycles. The van der Waals surface area contributed by atoms with Gasteiger partial charge in [0.05, 0.1) is 0 Å². The molecule has 1 aromatic carbocycles. The molecule has 1 aromatic rings. The molecule has 0 aliphatic carbocycles. The zero-order valence-corrected chi connectivity index (χ0v) is 10.1. The molecule has 2 heteroatoms. The van der Waals surface area contributed by atoms with Crippen LogP contribution in [0.4, 0.5) is 4.39 Å². The van der Waals surface area contributed by atoms with Gasteiger partial charge in [-0.05, 0) is 62.4 Å². The van der Waals surface area contributed by atoms with E-state index in [-0.39, 0.29) is 5.82 Å². The second kappa shape index (κ2) is 4.96. The van der Waals surface area contributed by atoms with E-state index in [1.54, 1.807) is 6.07 Å². The maximum atomic E-state index is 13.8. The maximum absolute atomic E-state index is 13.8. The fourth-order valence-corrected chi connectivity index (χ4v) is 2.55. The highest BCUT2D eigenvalue weighted by molar-refractivity contribution is 5.32. The molecule has 0 spiro atoms. The summed E-state index contributed by atoms with van der Waals surface area (Å²) in [6, 6.07) is 4.18. The quantitative estimate of drug-likeness (QED) is 0.809. The molecule has 1 unspecified atom stereocenters. The average molecular weight is 221 g/mol. The molecule has 16 heavy (non-hydrogen) atoms. The van der Waals surface area contributed by atoms with E-state index in [1.165, 1.54) is 19.3 Å². The van der Waals surface area contributed by atoms with Crippen LogP contribution in [-0.2, 0) is 6.42 Å².